The first-order valence-electron chi connectivity index (χ1n) is 11.2. The first-order valence-corrected chi connectivity index (χ1v) is 11.2. The minimum Gasteiger partial charge on any atom is -0.368 e. The molecule has 34 heavy (non-hydrogen) atoms. The van der Waals surface area contributed by atoms with Crippen LogP contribution in [-0.2, 0) is 6.18 Å². The highest BCUT2D eigenvalue weighted by molar-refractivity contribution is 5.98. The van der Waals surface area contributed by atoms with Crippen molar-refractivity contribution >= 4 is 11.7 Å². The number of hydrogen-bond donors (Lipinski definition) is 1. The van der Waals surface area contributed by atoms with Crippen molar-refractivity contribution in [3.63, 3.8) is 0 Å². The smallest absolute Gasteiger partial charge is 0.368 e. The van der Waals surface area contributed by atoms with Gasteiger partial charge in [-0.3, -0.25) is 4.79 Å². The van der Waals surface area contributed by atoms with E-state index in [4.69, 9.17) is 0 Å². The van der Waals surface area contributed by atoms with Gasteiger partial charge in [0.15, 0.2) is 0 Å². The van der Waals surface area contributed by atoms with Crippen LogP contribution in [0.15, 0.2) is 42.7 Å². The molecule has 3 aromatic rings. The van der Waals surface area contributed by atoms with E-state index in [0.717, 1.165) is 36.4 Å². The van der Waals surface area contributed by atoms with Crippen molar-refractivity contribution in [2.75, 3.05) is 18.4 Å². The third-order valence-corrected chi connectivity index (χ3v) is 6.16. The number of aryl methyl sites for hydroxylation is 2. The van der Waals surface area contributed by atoms with Gasteiger partial charge >= 0.3 is 6.18 Å². The van der Waals surface area contributed by atoms with Gasteiger partial charge in [0, 0.05) is 19.3 Å². The lowest BCUT2D eigenvalue weighted by molar-refractivity contribution is -0.137. The Morgan fingerprint density at radius 3 is 2.62 bits per heavy atom. The minimum absolute atomic E-state index is 0.118. The van der Waals surface area contributed by atoms with Gasteiger partial charge in [-0.15, -0.1) is 0 Å². The maximum atomic E-state index is 13.8. The molecule has 2 aromatic heterocycles. The molecule has 1 aromatic carbocycles. The molecule has 0 saturated carbocycles. The molecule has 10 heteroatoms. The predicted octanol–water partition coefficient (Wildman–Crippen LogP) is 4.65. The SMILES string of the molecule is Cc1ccc(-n2ncc(C)n2)c(C(=O)N2CCC[C@@H](C)[C@H]2CNc2ccc(C(F)(F)F)cn2)c1. The third-order valence-electron chi connectivity index (χ3n) is 6.16. The molecule has 0 unspecified atom stereocenters. The number of likely N-dealkylation sites (tertiary alicyclic amines) is 1. The number of carbonyl (C=O) groups is 1. The molecule has 1 saturated heterocycles. The van der Waals surface area contributed by atoms with Crippen LogP contribution in [0.25, 0.3) is 5.69 Å². The number of alkyl halides is 3. The summed E-state index contributed by atoms with van der Waals surface area (Å²) < 4.78 is 38.5. The van der Waals surface area contributed by atoms with E-state index in [1.54, 1.807) is 6.20 Å². The topological polar surface area (TPSA) is 75.9 Å². The van der Waals surface area contributed by atoms with Crippen molar-refractivity contribution in [3.8, 4) is 5.69 Å². The molecule has 7 nitrogen and oxygen atoms in total. The highest BCUT2D eigenvalue weighted by Gasteiger charge is 2.34. The fourth-order valence-electron chi connectivity index (χ4n) is 4.29. The van der Waals surface area contributed by atoms with Gasteiger partial charge in [-0.1, -0.05) is 18.6 Å². The first kappa shape index (κ1) is 23.7. The van der Waals surface area contributed by atoms with E-state index in [1.165, 1.54) is 10.9 Å². The number of aromatic nitrogens is 4. The fraction of sp³-hybridized carbons (Fsp3) is 0.417. The summed E-state index contributed by atoms with van der Waals surface area (Å²) in [7, 11) is 0. The lowest BCUT2D eigenvalue weighted by atomic mass is 9.89. The Kier molecular flexibility index (Phi) is 6.58. The summed E-state index contributed by atoms with van der Waals surface area (Å²) in [6.07, 6.45) is -0.145. The number of hydrogen-bond acceptors (Lipinski definition) is 5. The molecule has 1 aliphatic rings. The van der Waals surface area contributed by atoms with Gasteiger partial charge in [-0.25, -0.2) is 4.98 Å². The van der Waals surface area contributed by atoms with Crippen molar-refractivity contribution in [3.05, 3.63) is 65.1 Å². The molecule has 0 spiro atoms. The molecule has 4 rings (SSSR count). The van der Waals surface area contributed by atoms with E-state index in [-0.39, 0.29) is 17.9 Å². The molecule has 1 aliphatic heterocycles. The summed E-state index contributed by atoms with van der Waals surface area (Å²) in [5.74, 6) is 0.427. The van der Waals surface area contributed by atoms with E-state index in [1.807, 2.05) is 36.9 Å². The summed E-state index contributed by atoms with van der Waals surface area (Å²) in [5, 5.41) is 11.8. The Labute approximate surface area is 196 Å². The normalized spacial score (nSPS) is 18.7. The van der Waals surface area contributed by atoms with Crippen LogP contribution in [-0.4, -0.2) is 49.9 Å². The van der Waals surface area contributed by atoms with Gasteiger partial charge in [0.25, 0.3) is 5.91 Å². The van der Waals surface area contributed by atoms with Crippen LogP contribution in [0.5, 0.6) is 0 Å². The van der Waals surface area contributed by atoms with E-state index in [9.17, 15) is 18.0 Å². The summed E-state index contributed by atoms with van der Waals surface area (Å²) in [6, 6.07) is 7.77. The molecule has 3 heterocycles. The minimum atomic E-state index is -4.43. The number of rotatable bonds is 5. The molecule has 2 atom stereocenters. The zero-order valence-corrected chi connectivity index (χ0v) is 19.3. The lowest BCUT2D eigenvalue weighted by Gasteiger charge is -2.40. The molecular formula is C24H27F3N6O. The van der Waals surface area contributed by atoms with Crippen molar-refractivity contribution in [2.24, 2.45) is 5.92 Å². The Morgan fingerprint density at radius 2 is 1.97 bits per heavy atom. The van der Waals surface area contributed by atoms with Crippen molar-refractivity contribution in [1.29, 1.82) is 0 Å². The van der Waals surface area contributed by atoms with Crippen LogP contribution >= 0.6 is 0 Å². The van der Waals surface area contributed by atoms with E-state index in [2.05, 4.69) is 27.4 Å². The van der Waals surface area contributed by atoms with Gasteiger partial charge in [0.2, 0.25) is 0 Å². The Morgan fingerprint density at radius 1 is 1.18 bits per heavy atom. The Hall–Kier alpha value is -3.43. The third kappa shape index (κ3) is 5.05. The van der Waals surface area contributed by atoms with Crippen LogP contribution in [0, 0.1) is 19.8 Å². The number of halogens is 3. The molecule has 0 aliphatic carbocycles. The molecule has 1 fully saturated rings. The number of nitrogens with zero attached hydrogens (tertiary/aromatic N) is 5. The summed E-state index contributed by atoms with van der Waals surface area (Å²) in [6.45, 7) is 6.82. The highest BCUT2D eigenvalue weighted by atomic mass is 19.4. The average molecular weight is 473 g/mol. The molecule has 1 amide bonds. The van der Waals surface area contributed by atoms with Crippen molar-refractivity contribution in [1.82, 2.24) is 24.9 Å². The van der Waals surface area contributed by atoms with E-state index < -0.39 is 11.7 Å². The summed E-state index contributed by atoms with van der Waals surface area (Å²) in [4.78, 5) is 21.0. The molecule has 180 valence electrons. The maximum absolute atomic E-state index is 13.8. The number of piperidine rings is 1. The monoisotopic (exact) mass is 472 g/mol. The van der Waals surface area contributed by atoms with Crippen molar-refractivity contribution < 1.29 is 18.0 Å². The Bertz CT molecular complexity index is 1160. The number of nitrogens with one attached hydrogen (secondary N) is 1. The summed E-state index contributed by atoms with van der Waals surface area (Å²) in [5.41, 5.74) is 2.03. The van der Waals surface area contributed by atoms with Crippen LogP contribution < -0.4 is 5.32 Å². The van der Waals surface area contributed by atoms with Crippen LogP contribution in [0.1, 0.15) is 46.9 Å². The van der Waals surface area contributed by atoms with Crippen LogP contribution in [0.4, 0.5) is 19.0 Å². The number of pyridine rings is 1. The summed E-state index contributed by atoms with van der Waals surface area (Å²) >= 11 is 0. The predicted molar refractivity (Wildman–Crippen MR) is 122 cm³/mol. The number of amides is 1. The largest absolute Gasteiger partial charge is 0.417 e. The molecule has 0 radical (unpaired) electrons. The molecule has 1 N–H and O–H groups in total. The fourth-order valence-corrected chi connectivity index (χ4v) is 4.29. The van der Waals surface area contributed by atoms with E-state index >= 15 is 0 Å². The number of benzene rings is 1. The molecular weight excluding hydrogens is 445 g/mol. The number of anilines is 1. The number of carbonyl (C=O) groups excluding carboxylic acids is 1. The zero-order chi connectivity index (χ0) is 24.5. The standard InChI is InChI=1S/C24H27F3N6O/c1-15-6-8-20(33-30-12-17(3)31-33)19(11-15)23(34)32-10-4-5-16(2)21(32)14-29-22-9-7-18(13-28-22)24(25,26)27/h6-9,11-13,16,21H,4-5,10,14H2,1-3H3,(H,28,29)/t16-,21-/m1/s1. The second-order valence-corrected chi connectivity index (χ2v) is 8.79. The second-order valence-electron chi connectivity index (χ2n) is 8.79. The lowest BCUT2D eigenvalue weighted by Crippen LogP contribution is -2.51. The highest BCUT2D eigenvalue weighted by Crippen LogP contribution is 2.30. The first-order chi connectivity index (χ1) is 16.1. The average Bonchev–Trinajstić information content (AvgIpc) is 3.23. The molecule has 0 bridgehead atoms. The van der Waals surface area contributed by atoms with Gasteiger partial charge in [-0.05, 0) is 56.9 Å². The van der Waals surface area contributed by atoms with Gasteiger partial charge in [0.1, 0.15) is 5.82 Å². The zero-order valence-electron chi connectivity index (χ0n) is 19.3. The Balaban J connectivity index is 1.57. The van der Waals surface area contributed by atoms with Crippen molar-refractivity contribution in [2.45, 2.75) is 45.8 Å². The maximum Gasteiger partial charge on any atom is 0.417 e. The van der Waals surface area contributed by atoms with E-state index in [0.29, 0.717) is 30.2 Å². The van der Waals surface area contributed by atoms with Crippen LogP contribution in [0.2, 0.25) is 0 Å². The van der Waals surface area contributed by atoms with Crippen LogP contribution in [0.3, 0.4) is 0 Å². The van der Waals surface area contributed by atoms with Gasteiger partial charge in [-0.2, -0.15) is 28.2 Å². The quantitative estimate of drug-likeness (QED) is 0.585. The van der Waals surface area contributed by atoms with Gasteiger partial charge < -0.3 is 10.2 Å². The second kappa shape index (κ2) is 9.44. The van der Waals surface area contributed by atoms with Gasteiger partial charge in [0.05, 0.1) is 34.7 Å².